The van der Waals surface area contributed by atoms with Crippen molar-refractivity contribution in [2.45, 2.75) is 19.9 Å². The third-order valence-electron chi connectivity index (χ3n) is 4.26. The predicted molar refractivity (Wildman–Crippen MR) is 112 cm³/mol. The fourth-order valence-electron chi connectivity index (χ4n) is 2.90. The van der Waals surface area contributed by atoms with Gasteiger partial charge in [-0.3, -0.25) is 4.98 Å². The highest BCUT2D eigenvalue weighted by Crippen LogP contribution is 2.31. The minimum absolute atomic E-state index is 0.359. The SMILES string of the molecule is Cc1ccc(-c2ncccc2NC(=O)NC(C)c2nnnn2-c2ccccc2)s1. The van der Waals surface area contributed by atoms with Crippen LogP contribution in [0, 0.1) is 6.92 Å². The molecule has 2 N–H and O–H groups in total. The lowest BCUT2D eigenvalue weighted by Gasteiger charge is -2.15. The van der Waals surface area contributed by atoms with Crippen molar-refractivity contribution in [3.63, 3.8) is 0 Å². The van der Waals surface area contributed by atoms with Crippen molar-refractivity contribution in [1.82, 2.24) is 30.5 Å². The fourth-order valence-corrected chi connectivity index (χ4v) is 3.78. The summed E-state index contributed by atoms with van der Waals surface area (Å²) in [6, 6.07) is 16.4. The summed E-state index contributed by atoms with van der Waals surface area (Å²) >= 11 is 1.63. The molecule has 1 unspecified atom stereocenters. The third kappa shape index (κ3) is 4.14. The van der Waals surface area contributed by atoms with E-state index in [0.717, 1.165) is 16.3 Å². The van der Waals surface area contributed by atoms with Crippen LogP contribution in [-0.2, 0) is 0 Å². The zero-order valence-electron chi connectivity index (χ0n) is 15.9. The van der Waals surface area contributed by atoms with Crippen molar-refractivity contribution in [3.8, 4) is 16.3 Å². The number of thiophene rings is 1. The first-order valence-electron chi connectivity index (χ1n) is 9.05. The fraction of sp³-hybridized carbons (Fsp3) is 0.150. The topological polar surface area (TPSA) is 97.6 Å². The van der Waals surface area contributed by atoms with Gasteiger partial charge < -0.3 is 10.6 Å². The summed E-state index contributed by atoms with van der Waals surface area (Å²) in [6.45, 7) is 3.87. The van der Waals surface area contributed by atoms with Gasteiger partial charge in [-0.05, 0) is 60.7 Å². The number of pyridine rings is 1. The number of urea groups is 1. The minimum atomic E-state index is -0.408. The van der Waals surface area contributed by atoms with E-state index >= 15 is 0 Å². The largest absolute Gasteiger partial charge is 0.328 e. The summed E-state index contributed by atoms with van der Waals surface area (Å²) in [4.78, 5) is 19.2. The number of tetrazole rings is 1. The molecule has 0 spiro atoms. The Balaban J connectivity index is 1.50. The molecule has 4 rings (SSSR count). The highest BCUT2D eigenvalue weighted by molar-refractivity contribution is 7.15. The molecule has 0 aliphatic heterocycles. The first kappa shape index (κ1) is 18.8. The molecule has 0 aliphatic rings. The van der Waals surface area contributed by atoms with Gasteiger partial charge >= 0.3 is 6.03 Å². The maximum Gasteiger partial charge on any atom is 0.319 e. The van der Waals surface area contributed by atoms with Crippen LogP contribution in [0.2, 0.25) is 0 Å². The van der Waals surface area contributed by atoms with E-state index in [9.17, 15) is 4.79 Å². The lowest BCUT2D eigenvalue weighted by Crippen LogP contribution is -2.32. The molecule has 0 radical (unpaired) electrons. The van der Waals surface area contributed by atoms with E-state index in [1.165, 1.54) is 4.88 Å². The van der Waals surface area contributed by atoms with Crippen molar-refractivity contribution >= 4 is 23.1 Å². The predicted octanol–water partition coefficient (Wildman–Crippen LogP) is 3.98. The van der Waals surface area contributed by atoms with E-state index in [-0.39, 0.29) is 6.03 Å². The second-order valence-corrected chi connectivity index (χ2v) is 7.70. The van der Waals surface area contributed by atoms with Gasteiger partial charge in [0.25, 0.3) is 0 Å². The van der Waals surface area contributed by atoms with E-state index in [1.54, 1.807) is 28.3 Å². The monoisotopic (exact) mass is 405 g/mol. The van der Waals surface area contributed by atoms with Gasteiger partial charge in [-0.1, -0.05) is 18.2 Å². The number of rotatable bonds is 5. The zero-order valence-corrected chi connectivity index (χ0v) is 16.7. The number of nitrogens with one attached hydrogen (secondary N) is 2. The average molecular weight is 405 g/mol. The summed E-state index contributed by atoms with van der Waals surface area (Å²) in [5.74, 6) is 0.534. The van der Waals surface area contributed by atoms with Crippen LogP contribution in [0.25, 0.3) is 16.3 Å². The van der Waals surface area contributed by atoms with Gasteiger partial charge in [0.2, 0.25) is 0 Å². The molecule has 3 heterocycles. The van der Waals surface area contributed by atoms with Crippen LogP contribution in [0.15, 0.2) is 60.8 Å². The van der Waals surface area contributed by atoms with Gasteiger partial charge in [0.05, 0.1) is 22.3 Å². The van der Waals surface area contributed by atoms with Gasteiger partial charge in [-0.2, -0.15) is 4.68 Å². The second-order valence-electron chi connectivity index (χ2n) is 6.41. The average Bonchev–Trinajstić information content (AvgIpc) is 3.38. The zero-order chi connectivity index (χ0) is 20.2. The van der Waals surface area contributed by atoms with E-state index in [0.29, 0.717) is 11.5 Å². The normalized spacial score (nSPS) is 11.8. The molecule has 0 saturated carbocycles. The van der Waals surface area contributed by atoms with Gasteiger partial charge in [0.1, 0.15) is 5.69 Å². The number of hydrogen-bond acceptors (Lipinski definition) is 6. The first-order chi connectivity index (χ1) is 14.1. The summed E-state index contributed by atoms with van der Waals surface area (Å²) in [6.07, 6.45) is 1.71. The molecule has 8 nitrogen and oxygen atoms in total. The summed E-state index contributed by atoms with van der Waals surface area (Å²) in [5.41, 5.74) is 2.20. The number of carbonyl (C=O) groups excluding carboxylic acids is 1. The Morgan fingerprint density at radius 1 is 1.10 bits per heavy atom. The van der Waals surface area contributed by atoms with Gasteiger partial charge in [-0.15, -0.1) is 16.4 Å². The number of aryl methyl sites for hydroxylation is 1. The van der Waals surface area contributed by atoms with Crippen molar-refractivity contribution in [3.05, 3.63) is 71.5 Å². The molecule has 0 bridgehead atoms. The van der Waals surface area contributed by atoms with Crippen LogP contribution in [0.5, 0.6) is 0 Å². The Hall–Kier alpha value is -3.59. The molecular formula is C20H19N7OS. The molecule has 146 valence electrons. The van der Waals surface area contributed by atoms with E-state index in [2.05, 4.69) is 31.1 Å². The number of amides is 2. The second kappa shape index (κ2) is 8.19. The maximum atomic E-state index is 12.6. The number of benzene rings is 1. The molecule has 3 aromatic heterocycles. The van der Waals surface area contributed by atoms with E-state index < -0.39 is 6.04 Å². The van der Waals surface area contributed by atoms with Crippen LogP contribution in [0.1, 0.15) is 23.7 Å². The molecule has 1 aromatic carbocycles. The molecule has 9 heteroatoms. The van der Waals surface area contributed by atoms with Crippen molar-refractivity contribution in [2.24, 2.45) is 0 Å². The lowest BCUT2D eigenvalue weighted by molar-refractivity contribution is 0.248. The standard InChI is InChI=1S/C20H19N7OS/c1-13-10-11-17(29-13)18-16(9-6-12-21-18)23-20(28)22-14(2)19-24-25-26-27(19)15-7-4-3-5-8-15/h3-12,14H,1-2H3,(H2,22,23,28). The Bertz CT molecular complexity index is 1120. The minimum Gasteiger partial charge on any atom is -0.328 e. The number of hydrogen-bond donors (Lipinski definition) is 2. The number of nitrogens with zero attached hydrogens (tertiary/aromatic N) is 5. The van der Waals surface area contributed by atoms with E-state index in [4.69, 9.17) is 0 Å². The Labute approximate surface area is 171 Å². The summed E-state index contributed by atoms with van der Waals surface area (Å²) < 4.78 is 1.61. The molecule has 29 heavy (non-hydrogen) atoms. The number of anilines is 1. The Kier molecular flexibility index (Phi) is 5.30. The first-order valence-corrected chi connectivity index (χ1v) is 9.86. The Morgan fingerprint density at radius 2 is 1.93 bits per heavy atom. The third-order valence-corrected chi connectivity index (χ3v) is 5.27. The molecule has 0 fully saturated rings. The van der Waals surface area contributed by atoms with E-state index in [1.807, 2.05) is 62.4 Å². The molecule has 1 atom stereocenters. The van der Waals surface area contributed by atoms with Crippen LogP contribution in [0.4, 0.5) is 10.5 Å². The van der Waals surface area contributed by atoms with Crippen LogP contribution in [-0.4, -0.2) is 31.2 Å². The molecule has 0 aliphatic carbocycles. The van der Waals surface area contributed by atoms with Crippen LogP contribution < -0.4 is 10.6 Å². The quantitative estimate of drug-likeness (QED) is 0.523. The molecule has 2 amide bonds. The number of aromatic nitrogens is 5. The molecule has 4 aromatic rings. The van der Waals surface area contributed by atoms with Gasteiger partial charge in [0.15, 0.2) is 5.82 Å². The van der Waals surface area contributed by atoms with Crippen molar-refractivity contribution in [1.29, 1.82) is 0 Å². The summed E-state index contributed by atoms with van der Waals surface area (Å²) in [7, 11) is 0. The maximum absolute atomic E-state index is 12.6. The Morgan fingerprint density at radius 3 is 2.69 bits per heavy atom. The highest BCUT2D eigenvalue weighted by atomic mass is 32.1. The smallest absolute Gasteiger partial charge is 0.319 e. The van der Waals surface area contributed by atoms with Crippen LogP contribution >= 0.6 is 11.3 Å². The number of para-hydroxylation sites is 1. The van der Waals surface area contributed by atoms with Crippen molar-refractivity contribution < 1.29 is 4.79 Å². The lowest BCUT2D eigenvalue weighted by atomic mass is 10.2. The van der Waals surface area contributed by atoms with Gasteiger partial charge in [0, 0.05) is 11.1 Å². The van der Waals surface area contributed by atoms with Gasteiger partial charge in [-0.25, -0.2) is 4.79 Å². The highest BCUT2D eigenvalue weighted by Gasteiger charge is 2.19. The molecule has 0 saturated heterocycles. The van der Waals surface area contributed by atoms with Crippen LogP contribution in [0.3, 0.4) is 0 Å². The summed E-state index contributed by atoms with van der Waals surface area (Å²) in [5, 5.41) is 17.6. The molecular weight excluding hydrogens is 386 g/mol. The van der Waals surface area contributed by atoms with Crippen molar-refractivity contribution in [2.75, 3.05) is 5.32 Å². The number of carbonyl (C=O) groups is 1.